The largest absolute Gasteiger partial charge is 0.397 e. The van der Waals surface area contributed by atoms with Crippen LogP contribution < -0.4 is 11.1 Å². The highest BCUT2D eigenvalue weighted by molar-refractivity contribution is 5.65. The summed E-state index contributed by atoms with van der Waals surface area (Å²) < 4.78 is 0. The predicted octanol–water partition coefficient (Wildman–Crippen LogP) is 2.32. The molecule has 0 atom stereocenters. The summed E-state index contributed by atoms with van der Waals surface area (Å²) in [7, 11) is 0. The topological polar surface area (TPSA) is 50.9 Å². The van der Waals surface area contributed by atoms with Gasteiger partial charge in [-0.15, -0.1) is 0 Å². The van der Waals surface area contributed by atoms with Crippen molar-refractivity contribution in [1.29, 1.82) is 0 Å². The quantitative estimate of drug-likeness (QED) is 0.766. The maximum atomic E-state index is 5.83. The molecule has 0 radical (unpaired) electrons. The number of nitrogens with two attached hydrogens (primary N) is 1. The minimum atomic E-state index is 0.786. The van der Waals surface area contributed by atoms with Gasteiger partial charge in [-0.3, -0.25) is 4.98 Å². The fourth-order valence-electron chi connectivity index (χ4n) is 1.55. The Balaban J connectivity index is 1.87. The molecule has 82 valence electrons. The molecule has 2 rings (SSSR count). The van der Waals surface area contributed by atoms with Gasteiger partial charge in [-0.1, -0.05) is 18.2 Å². The molecular formula is C13H15N3. The molecule has 0 bridgehead atoms. The molecule has 2 aromatic rings. The highest BCUT2D eigenvalue weighted by Crippen LogP contribution is 2.16. The Morgan fingerprint density at radius 1 is 1.12 bits per heavy atom. The van der Waals surface area contributed by atoms with E-state index in [2.05, 4.69) is 16.4 Å². The number of para-hydroxylation sites is 2. The van der Waals surface area contributed by atoms with Crippen molar-refractivity contribution in [3.63, 3.8) is 0 Å². The van der Waals surface area contributed by atoms with Crippen LogP contribution in [0.1, 0.15) is 5.56 Å². The summed E-state index contributed by atoms with van der Waals surface area (Å²) in [6.45, 7) is 0.861. The standard InChI is InChI=1S/C13H15N3/c14-12-5-1-2-6-13(12)16-9-7-11-4-3-8-15-10-11/h1-6,8,10,16H,7,9,14H2. The normalized spacial score (nSPS) is 10.0. The SMILES string of the molecule is Nc1ccccc1NCCc1cccnc1. The van der Waals surface area contributed by atoms with Gasteiger partial charge in [0.1, 0.15) is 0 Å². The van der Waals surface area contributed by atoms with Crippen LogP contribution in [0.5, 0.6) is 0 Å². The molecular weight excluding hydrogens is 198 g/mol. The zero-order valence-electron chi connectivity index (χ0n) is 9.06. The van der Waals surface area contributed by atoms with Crippen molar-refractivity contribution in [1.82, 2.24) is 4.98 Å². The van der Waals surface area contributed by atoms with Crippen molar-refractivity contribution in [2.75, 3.05) is 17.6 Å². The van der Waals surface area contributed by atoms with Crippen LogP contribution in [0.2, 0.25) is 0 Å². The number of rotatable bonds is 4. The van der Waals surface area contributed by atoms with Crippen LogP contribution in [-0.4, -0.2) is 11.5 Å². The number of hydrogen-bond acceptors (Lipinski definition) is 3. The summed E-state index contributed by atoms with van der Waals surface area (Å²) in [4.78, 5) is 4.08. The van der Waals surface area contributed by atoms with E-state index in [0.29, 0.717) is 0 Å². The second kappa shape index (κ2) is 5.16. The number of nitrogens with one attached hydrogen (secondary N) is 1. The van der Waals surface area contributed by atoms with Gasteiger partial charge in [0.25, 0.3) is 0 Å². The summed E-state index contributed by atoms with van der Waals surface area (Å²) in [5.74, 6) is 0. The van der Waals surface area contributed by atoms with Gasteiger partial charge in [0.15, 0.2) is 0 Å². The smallest absolute Gasteiger partial charge is 0.0574 e. The van der Waals surface area contributed by atoms with Crippen LogP contribution in [0.4, 0.5) is 11.4 Å². The van der Waals surface area contributed by atoms with Gasteiger partial charge in [0.05, 0.1) is 11.4 Å². The molecule has 3 N–H and O–H groups in total. The van der Waals surface area contributed by atoms with Crippen LogP contribution in [0, 0.1) is 0 Å². The number of benzene rings is 1. The maximum Gasteiger partial charge on any atom is 0.0574 e. The number of nitrogens with zero attached hydrogens (tertiary/aromatic N) is 1. The number of hydrogen-bond donors (Lipinski definition) is 2. The third kappa shape index (κ3) is 2.73. The fraction of sp³-hybridized carbons (Fsp3) is 0.154. The minimum absolute atomic E-state index is 0.786. The molecule has 3 heteroatoms. The molecule has 16 heavy (non-hydrogen) atoms. The lowest BCUT2D eigenvalue weighted by atomic mass is 10.2. The lowest BCUT2D eigenvalue weighted by molar-refractivity contribution is 1.01. The molecule has 1 heterocycles. The summed E-state index contributed by atoms with van der Waals surface area (Å²) in [6.07, 6.45) is 4.62. The molecule has 3 nitrogen and oxygen atoms in total. The van der Waals surface area contributed by atoms with Gasteiger partial charge >= 0.3 is 0 Å². The predicted molar refractivity (Wildman–Crippen MR) is 67.3 cm³/mol. The van der Waals surface area contributed by atoms with Crippen molar-refractivity contribution in [2.45, 2.75) is 6.42 Å². The van der Waals surface area contributed by atoms with Crippen molar-refractivity contribution >= 4 is 11.4 Å². The van der Waals surface area contributed by atoms with E-state index in [1.165, 1.54) is 5.56 Å². The Hall–Kier alpha value is -2.03. The van der Waals surface area contributed by atoms with Crippen LogP contribution in [0.15, 0.2) is 48.8 Å². The fourth-order valence-corrected chi connectivity index (χ4v) is 1.55. The molecule has 0 saturated carbocycles. The molecule has 0 saturated heterocycles. The highest BCUT2D eigenvalue weighted by atomic mass is 14.9. The highest BCUT2D eigenvalue weighted by Gasteiger charge is 1.96. The van der Waals surface area contributed by atoms with E-state index in [4.69, 9.17) is 5.73 Å². The molecule has 0 unspecified atom stereocenters. The van der Waals surface area contributed by atoms with E-state index >= 15 is 0 Å². The molecule has 1 aromatic heterocycles. The molecule has 0 aliphatic heterocycles. The Kier molecular flexibility index (Phi) is 3.38. The van der Waals surface area contributed by atoms with Gasteiger partial charge in [-0.05, 0) is 30.2 Å². The molecule has 1 aromatic carbocycles. The maximum absolute atomic E-state index is 5.83. The summed E-state index contributed by atoms with van der Waals surface area (Å²) in [5.41, 5.74) is 8.83. The van der Waals surface area contributed by atoms with Crippen molar-refractivity contribution in [2.24, 2.45) is 0 Å². The average Bonchev–Trinajstić information content (AvgIpc) is 2.33. The number of nitrogen functional groups attached to an aromatic ring is 1. The zero-order valence-corrected chi connectivity index (χ0v) is 9.06. The number of anilines is 2. The molecule has 0 aliphatic rings. The zero-order chi connectivity index (χ0) is 11.2. The molecule has 0 spiro atoms. The van der Waals surface area contributed by atoms with Gasteiger partial charge in [-0.2, -0.15) is 0 Å². The molecule has 0 aliphatic carbocycles. The van der Waals surface area contributed by atoms with E-state index in [9.17, 15) is 0 Å². The van der Waals surface area contributed by atoms with E-state index < -0.39 is 0 Å². The summed E-state index contributed by atoms with van der Waals surface area (Å²) >= 11 is 0. The number of pyridine rings is 1. The first kappa shape index (κ1) is 10.5. The van der Waals surface area contributed by atoms with Gasteiger partial charge < -0.3 is 11.1 Å². The Bertz CT molecular complexity index is 440. The summed E-state index contributed by atoms with van der Waals surface area (Å²) in [5, 5.41) is 3.31. The monoisotopic (exact) mass is 213 g/mol. The Morgan fingerprint density at radius 3 is 2.75 bits per heavy atom. The van der Waals surface area contributed by atoms with Gasteiger partial charge in [0.2, 0.25) is 0 Å². The Morgan fingerprint density at radius 2 is 2.00 bits per heavy atom. The van der Waals surface area contributed by atoms with Crippen LogP contribution >= 0.6 is 0 Å². The van der Waals surface area contributed by atoms with E-state index in [0.717, 1.165) is 24.3 Å². The van der Waals surface area contributed by atoms with Gasteiger partial charge in [0, 0.05) is 18.9 Å². The number of aromatic nitrogens is 1. The first-order chi connectivity index (χ1) is 7.86. The van der Waals surface area contributed by atoms with Crippen molar-refractivity contribution in [3.8, 4) is 0 Å². The summed E-state index contributed by atoms with van der Waals surface area (Å²) in [6, 6.07) is 11.8. The second-order valence-corrected chi connectivity index (χ2v) is 3.63. The lowest BCUT2D eigenvalue weighted by Crippen LogP contribution is -2.06. The van der Waals surface area contributed by atoms with E-state index in [1.54, 1.807) is 6.20 Å². The second-order valence-electron chi connectivity index (χ2n) is 3.63. The lowest BCUT2D eigenvalue weighted by Gasteiger charge is -2.08. The Labute approximate surface area is 95.3 Å². The van der Waals surface area contributed by atoms with Gasteiger partial charge in [-0.25, -0.2) is 0 Å². The molecule has 0 fully saturated rings. The first-order valence-electron chi connectivity index (χ1n) is 5.33. The van der Waals surface area contributed by atoms with Crippen LogP contribution in [-0.2, 0) is 6.42 Å². The van der Waals surface area contributed by atoms with Crippen LogP contribution in [0.25, 0.3) is 0 Å². The van der Waals surface area contributed by atoms with E-state index in [1.807, 2.05) is 36.5 Å². The third-order valence-corrected chi connectivity index (χ3v) is 2.41. The third-order valence-electron chi connectivity index (χ3n) is 2.41. The van der Waals surface area contributed by atoms with Crippen molar-refractivity contribution < 1.29 is 0 Å². The van der Waals surface area contributed by atoms with E-state index in [-0.39, 0.29) is 0 Å². The van der Waals surface area contributed by atoms with Crippen molar-refractivity contribution in [3.05, 3.63) is 54.4 Å². The first-order valence-corrected chi connectivity index (χ1v) is 5.33. The average molecular weight is 213 g/mol. The van der Waals surface area contributed by atoms with Crippen LogP contribution in [0.3, 0.4) is 0 Å². The molecule has 0 amide bonds. The minimum Gasteiger partial charge on any atom is -0.397 e.